The Morgan fingerprint density at radius 3 is 2.43 bits per heavy atom. The molecule has 1 heterocycles. The Balaban J connectivity index is 1.62. The number of rotatable bonds is 5. The summed E-state index contributed by atoms with van der Waals surface area (Å²) in [5.74, 6) is 1.47. The number of hydrogen-bond acceptors (Lipinski definition) is 3. The molecular weight excluding hydrogens is 309 g/mol. The van der Waals surface area contributed by atoms with Crippen molar-refractivity contribution in [1.29, 1.82) is 0 Å². The van der Waals surface area contributed by atoms with Crippen LogP contribution in [0, 0.1) is 5.82 Å². The van der Waals surface area contributed by atoms with Crippen LogP contribution in [0.15, 0.2) is 59.8 Å². The van der Waals surface area contributed by atoms with E-state index in [1.807, 2.05) is 18.2 Å². The molecule has 0 saturated heterocycles. The molecule has 4 rings (SSSR count). The molecule has 0 amide bonds. The number of aromatic nitrogens is 3. The first-order valence-electron chi connectivity index (χ1n) is 7.69. The van der Waals surface area contributed by atoms with Crippen LogP contribution in [0.1, 0.15) is 24.4 Å². The van der Waals surface area contributed by atoms with Crippen molar-refractivity contribution < 1.29 is 4.39 Å². The lowest BCUT2D eigenvalue weighted by Gasteiger charge is -2.09. The summed E-state index contributed by atoms with van der Waals surface area (Å²) in [5, 5.41) is 9.67. The van der Waals surface area contributed by atoms with Gasteiger partial charge in [-0.15, -0.1) is 10.2 Å². The smallest absolute Gasteiger partial charge is 0.192 e. The minimum Gasteiger partial charge on any atom is -0.299 e. The first kappa shape index (κ1) is 14.5. The summed E-state index contributed by atoms with van der Waals surface area (Å²) in [4.78, 5) is 0. The van der Waals surface area contributed by atoms with Crippen LogP contribution in [0.3, 0.4) is 0 Å². The minimum atomic E-state index is -0.232. The van der Waals surface area contributed by atoms with Gasteiger partial charge in [-0.1, -0.05) is 42.1 Å². The molecule has 5 heteroatoms. The van der Waals surface area contributed by atoms with Crippen molar-refractivity contribution in [3.05, 3.63) is 66.0 Å². The average Bonchev–Trinajstić information content (AvgIpc) is 3.34. The summed E-state index contributed by atoms with van der Waals surface area (Å²) in [6.45, 7) is 0. The molecule has 116 valence electrons. The van der Waals surface area contributed by atoms with E-state index in [1.54, 1.807) is 23.9 Å². The predicted molar refractivity (Wildman–Crippen MR) is 89.7 cm³/mol. The van der Waals surface area contributed by atoms with E-state index < -0.39 is 0 Å². The van der Waals surface area contributed by atoms with E-state index in [4.69, 9.17) is 0 Å². The highest BCUT2D eigenvalue weighted by atomic mass is 32.2. The lowest BCUT2D eigenvalue weighted by atomic mass is 10.2. The normalized spacial score (nSPS) is 14.1. The van der Waals surface area contributed by atoms with Gasteiger partial charge in [0.2, 0.25) is 0 Å². The van der Waals surface area contributed by atoms with Crippen molar-refractivity contribution in [3.63, 3.8) is 0 Å². The molecule has 0 aliphatic heterocycles. The van der Waals surface area contributed by atoms with Gasteiger partial charge >= 0.3 is 0 Å². The first-order valence-corrected chi connectivity index (χ1v) is 8.67. The van der Waals surface area contributed by atoms with Crippen LogP contribution in [0.5, 0.6) is 0 Å². The molecule has 1 aromatic heterocycles. The SMILES string of the molecule is Fc1ccc(-c2nnc(SCc3ccccc3)n2C2CC2)cc1. The molecule has 0 bridgehead atoms. The van der Waals surface area contributed by atoms with Crippen LogP contribution in [-0.4, -0.2) is 14.8 Å². The van der Waals surface area contributed by atoms with Gasteiger partial charge in [-0.2, -0.15) is 0 Å². The van der Waals surface area contributed by atoms with Gasteiger partial charge in [0, 0.05) is 17.4 Å². The van der Waals surface area contributed by atoms with Gasteiger partial charge in [-0.05, 0) is 42.7 Å². The number of halogens is 1. The molecular formula is C18H16FN3S. The maximum absolute atomic E-state index is 13.1. The van der Waals surface area contributed by atoms with E-state index in [2.05, 4.69) is 26.9 Å². The van der Waals surface area contributed by atoms with Crippen LogP contribution in [-0.2, 0) is 5.75 Å². The summed E-state index contributed by atoms with van der Waals surface area (Å²) < 4.78 is 15.3. The second-order valence-corrected chi connectivity index (χ2v) is 6.63. The predicted octanol–water partition coefficient (Wildman–Crippen LogP) is 4.71. The Hall–Kier alpha value is -2.14. The zero-order valence-electron chi connectivity index (χ0n) is 12.5. The fraction of sp³-hybridized carbons (Fsp3) is 0.222. The van der Waals surface area contributed by atoms with Crippen LogP contribution >= 0.6 is 11.8 Å². The highest BCUT2D eigenvalue weighted by molar-refractivity contribution is 7.98. The molecule has 0 atom stereocenters. The van der Waals surface area contributed by atoms with Crippen LogP contribution < -0.4 is 0 Å². The van der Waals surface area contributed by atoms with Crippen LogP contribution in [0.4, 0.5) is 4.39 Å². The van der Waals surface area contributed by atoms with Gasteiger partial charge in [0.05, 0.1) is 0 Å². The average molecular weight is 325 g/mol. The molecule has 1 fully saturated rings. The minimum absolute atomic E-state index is 0.232. The maximum Gasteiger partial charge on any atom is 0.192 e. The highest BCUT2D eigenvalue weighted by Gasteiger charge is 2.30. The second-order valence-electron chi connectivity index (χ2n) is 5.69. The Morgan fingerprint density at radius 1 is 1.00 bits per heavy atom. The topological polar surface area (TPSA) is 30.7 Å². The quantitative estimate of drug-likeness (QED) is 0.636. The summed E-state index contributed by atoms with van der Waals surface area (Å²) >= 11 is 1.70. The van der Waals surface area contributed by atoms with Crippen molar-refractivity contribution in [2.24, 2.45) is 0 Å². The van der Waals surface area contributed by atoms with E-state index in [0.29, 0.717) is 6.04 Å². The molecule has 2 aromatic carbocycles. The van der Waals surface area contributed by atoms with Gasteiger partial charge < -0.3 is 0 Å². The van der Waals surface area contributed by atoms with Crippen LogP contribution in [0.2, 0.25) is 0 Å². The number of nitrogens with zero attached hydrogens (tertiary/aromatic N) is 3. The van der Waals surface area contributed by atoms with Gasteiger partial charge in [-0.25, -0.2) is 4.39 Å². The molecule has 0 radical (unpaired) electrons. The molecule has 0 N–H and O–H groups in total. The Bertz CT molecular complexity index is 795. The Labute approximate surface area is 138 Å². The van der Waals surface area contributed by atoms with E-state index in [9.17, 15) is 4.39 Å². The van der Waals surface area contributed by atoms with Crippen LogP contribution in [0.25, 0.3) is 11.4 Å². The number of thioether (sulfide) groups is 1. The molecule has 23 heavy (non-hydrogen) atoms. The van der Waals surface area contributed by atoms with Crippen molar-refractivity contribution in [2.45, 2.75) is 29.8 Å². The number of hydrogen-bond donors (Lipinski definition) is 0. The summed E-state index contributed by atoms with van der Waals surface area (Å²) in [7, 11) is 0. The molecule has 0 spiro atoms. The summed E-state index contributed by atoms with van der Waals surface area (Å²) in [6.07, 6.45) is 2.32. The number of benzene rings is 2. The lowest BCUT2D eigenvalue weighted by Crippen LogP contribution is -1.99. The Kier molecular flexibility index (Phi) is 3.87. The third kappa shape index (κ3) is 3.15. The largest absolute Gasteiger partial charge is 0.299 e. The van der Waals surface area contributed by atoms with Gasteiger partial charge in [-0.3, -0.25) is 4.57 Å². The standard InChI is InChI=1S/C18H16FN3S/c19-15-8-6-14(7-9-15)17-20-21-18(22(17)16-10-11-16)23-12-13-4-2-1-3-5-13/h1-9,16H,10-12H2. The first-order chi connectivity index (χ1) is 11.3. The molecule has 1 aliphatic rings. The monoisotopic (exact) mass is 325 g/mol. The van der Waals surface area contributed by atoms with Gasteiger partial charge in [0.1, 0.15) is 5.82 Å². The zero-order valence-corrected chi connectivity index (χ0v) is 13.3. The van der Waals surface area contributed by atoms with Gasteiger partial charge in [0.15, 0.2) is 11.0 Å². The third-order valence-electron chi connectivity index (χ3n) is 3.89. The van der Waals surface area contributed by atoms with Crippen molar-refractivity contribution in [2.75, 3.05) is 0 Å². The Morgan fingerprint density at radius 2 is 1.74 bits per heavy atom. The molecule has 1 aliphatic carbocycles. The van der Waals surface area contributed by atoms with E-state index in [1.165, 1.54) is 17.7 Å². The zero-order chi connectivity index (χ0) is 15.6. The fourth-order valence-electron chi connectivity index (χ4n) is 2.56. The van der Waals surface area contributed by atoms with Crippen molar-refractivity contribution in [1.82, 2.24) is 14.8 Å². The van der Waals surface area contributed by atoms with Crippen molar-refractivity contribution >= 4 is 11.8 Å². The van der Waals surface area contributed by atoms with Gasteiger partial charge in [0.25, 0.3) is 0 Å². The molecule has 3 aromatic rings. The van der Waals surface area contributed by atoms with E-state index >= 15 is 0 Å². The molecule has 3 nitrogen and oxygen atoms in total. The van der Waals surface area contributed by atoms with E-state index in [-0.39, 0.29) is 5.82 Å². The molecule has 1 saturated carbocycles. The second kappa shape index (κ2) is 6.16. The highest BCUT2D eigenvalue weighted by Crippen LogP contribution is 2.41. The van der Waals surface area contributed by atoms with E-state index in [0.717, 1.165) is 35.1 Å². The summed E-state index contributed by atoms with van der Waals surface area (Å²) in [5.41, 5.74) is 2.18. The third-order valence-corrected chi connectivity index (χ3v) is 4.90. The lowest BCUT2D eigenvalue weighted by molar-refractivity contribution is 0.627. The van der Waals surface area contributed by atoms with Crippen molar-refractivity contribution in [3.8, 4) is 11.4 Å². The maximum atomic E-state index is 13.1. The summed E-state index contributed by atoms with van der Waals surface area (Å²) in [6, 6.07) is 17.3. The fourth-order valence-corrected chi connectivity index (χ4v) is 3.52. The molecule has 0 unspecified atom stereocenters.